The molecule has 2 unspecified atom stereocenters. The number of fused-ring (bicyclic) bond motifs is 1. The average molecular weight is 348 g/mol. The van der Waals surface area contributed by atoms with Crippen molar-refractivity contribution in [3.8, 4) is 0 Å². The van der Waals surface area contributed by atoms with Crippen LogP contribution in [-0.2, 0) is 0 Å². The molecule has 0 heterocycles. The minimum absolute atomic E-state index is 0.0508. The van der Waals surface area contributed by atoms with Crippen molar-refractivity contribution < 1.29 is 9.90 Å². The highest BCUT2D eigenvalue weighted by molar-refractivity contribution is 9.10. The zero-order valence-corrected chi connectivity index (χ0v) is 13.3. The normalized spacial score (nSPS) is 21.6. The quantitative estimate of drug-likeness (QED) is 0.892. The van der Waals surface area contributed by atoms with Crippen molar-refractivity contribution >= 4 is 32.6 Å². The van der Waals surface area contributed by atoms with Crippen LogP contribution >= 0.6 is 15.9 Å². The molecule has 2 aromatic carbocycles. The van der Waals surface area contributed by atoms with Gasteiger partial charge in [0.2, 0.25) is 0 Å². The highest BCUT2D eigenvalue weighted by Crippen LogP contribution is 2.26. The van der Waals surface area contributed by atoms with Gasteiger partial charge in [-0.15, -0.1) is 0 Å². The number of benzene rings is 2. The number of carbonyl (C=O) groups excluding carboxylic acids is 1. The largest absolute Gasteiger partial charge is 0.396 e. The number of carbonyl (C=O) groups is 1. The van der Waals surface area contributed by atoms with E-state index in [0.29, 0.717) is 5.56 Å². The molecule has 1 aliphatic rings. The first-order valence-electron chi connectivity index (χ1n) is 7.28. The Balaban J connectivity index is 1.79. The molecule has 0 spiro atoms. The van der Waals surface area contributed by atoms with Gasteiger partial charge in [-0.25, -0.2) is 0 Å². The second-order valence-electron chi connectivity index (χ2n) is 5.66. The first kappa shape index (κ1) is 14.5. The summed E-state index contributed by atoms with van der Waals surface area (Å²) in [6, 6.07) is 11.9. The van der Waals surface area contributed by atoms with Crippen molar-refractivity contribution in [2.24, 2.45) is 5.92 Å². The monoisotopic (exact) mass is 347 g/mol. The van der Waals surface area contributed by atoms with Crippen molar-refractivity contribution in [1.29, 1.82) is 0 Å². The molecule has 1 amide bonds. The molecule has 0 saturated heterocycles. The third kappa shape index (κ3) is 3.11. The molecular weight excluding hydrogens is 330 g/mol. The van der Waals surface area contributed by atoms with Crippen LogP contribution in [0.1, 0.15) is 29.6 Å². The minimum atomic E-state index is -0.0508. The molecule has 0 radical (unpaired) electrons. The molecule has 0 bridgehead atoms. The highest BCUT2D eigenvalue weighted by Gasteiger charge is 2.28. The Hall–Kier alpha value is -1.39. The molecule has 3 rings (SSSR count). The smallest absolute Gasteiger partial charge is 0.251 e. The van der Waals surface area contributed by atoms with Gasteiger partial charge >= 0.3 is 0 Å². The van der Waals surface area contributed by atoms with E-state index in [1.165, 1.54) is 0 Å². The topological polar surface area (TPSA) is 49.3 Å². The van der Waals surface area contributed by atoms with Gasteiger partial charge in [0.05, 0.1) is 0 Å². The number of hydrogen-bond donors (Lipinski definition) is 2. The summed E-state index contributed by atoms with van der Waals surface area (Å²) in [6.07, 6.45) is 3.02. The Kier molecular flexibility index (Phi) is 4.27. The van der Waals surface area contributed by atoms with Crippen LogP contribution in [0.3, 0.4) is 0 Å². The van der Waals surface area contributed by atoms with E-state index in [2.05, 4.69) is 21.2 Å². The molecule has 2 atom stereocenters. The molecule has 3 nitrogen and oxygen atoms in total. The lowest BCUT2D eigenvalue weighted by molar-refractivity contribution is 0.0916. The van der Waals surface area contributed by atoms with Gasteiger partial charge in [-0.3, -0.25) is 4.79 Å². The van der Waals surface area contributed by atoms with Crippen molar-refractivity contribution in [3.63, 3.8) is 0 Å². The maximum atomic E-state index is 12.4. The standard InChI is InChI=1S/C17H18BrNO2/c18-15-7-6-11-8-13(5-4-12(11)9-15)17(21)19-16-3-1-2-14(16)10-20/h4-9,14,16,20H,1-3,10H2,(H,19,21). The van der Waals surface area contributed by atoms with Gasteiger partial charge < -0.3 is 10.4 Å². The molecule has 1 aliphatic carbocycles. The Labute approximate surface area is 132 Å². The lowest BCUT2D eigenvalue weighted by Gasteiger charge is -2.19. The van der Waals surface area contributed by atoms with Gasteiger partial charge in [-0.1, -0.05) is 34.5 Å². The summed E-state index contributed by atoms with van der Waals surface area (Å²) in [7, 11) is 0. The predicted octanol–water partition coefficient (Wildman–Crippen LogP) is 3.49. The van der Waals surface area contributed by atoms with Crippen LogP contribution in [0.4, 0.5) is 0 Å². The first-order valence-corrected chi connectivity index (χ1v) is 8.08. The van der Waals surface area contributed by atoms with E-state index in [0.717, 1.165) is 34.5 Å². The van der Waals surface area contributed by atoms with Gasteiger partial charge in [0.1, 0.15) is 0 Å². The molecule has 0 aliphatic heterocycles. The summed E-state index contributed by atoms with van der Waals surface area (Å²) in [5, 5.41) is 14.6. The van der Waals surface area contributed by atoms with Gasteiger partial charge in [0, 0.05) is 28.6 Å². The molecule has 0 aromatic heterocycles. The van der Waals surface area contributed by atoms with Crippen molar-refractivity contribution in [1.82, 2.24) is 5.32 Å². The van der Waals surface area contributed by atoms with Crippen LogP contribution in [0.5, 0.6) is 0 Å². The van der Waals surface area contributed by atoms with Crippen LogP contribution in [0.15, 0.2) is 40.9 Å². The lowest BCUT2D eigenvalue weighted by atomic mass is 10.0. The third-order valence-corrected chi connectivity index (χ3v) is 4.77. The Morgan fingerprint density at radius 2 is 1.95 bits per heavy atom. The summed E-state index contributed by atoms with van der Waals surface area (Å²) in [6.45, 7) is 0.149. The zero-order chi connectivity index (χ0) is 14.8. The molecule has 1 fully saturated rings. The summed E-state index contributed by atoms with van der Waals surface area (Å²) >= 11 is 3.45. The van der Waals surface area contributed by atoms with Gasteiger partial charge in [-0.2, -0.15) is 0 Å². The average Bonchev–Trinajstić information content (AvgIpc) is 2.93. The summed E-state index contributed by atoms with van der Waals surface area (Å²) in [5.74, 6) is 0.149. The van der Waals surface area contributed by atoms with Crippen LogP contribution in [0, 0.1) is 5.92 Å². The number of hydrogen-bond acceptors (Lipinski definition) is 2. The fourth-order valence-corrected chi connectivity index (χ4v) is 3.43. The van der Waals surface area contributed by atoms with Crippen LogP contribution in [0.25, 0.3) is 10.8 Å². The summed E-state index contributed by atoms with van der Waals surface area (Å²) < 4.78 is 1.03. The molecule has 2 N–H and O–H groups in total. The maximum absolute atomic E-state index is 12.4. The van der Waals surface area contributed by atoms with E-state index in [-0.39, 0.29) is 24.5 Å². The van der Waals surface area contributed by atoms with E-state index in [4.69, 9.17) is 0 Å². The summed E-state index contributed by atoms with van der Waals surface area (Å²) in [4.78, 5) is 12.4. The van der Waals surface area contributed by atoms with Crippen molar-refractivity contribution in [2.45, 2.75) is 25.3 Å². The Bertz CT molecular complexity index is 671. The number of amides is 1. The van der Waals surface area contributed by atoms with E-state index in [9.17, 15) is 9.90 Å². The van der Waals surface area contributed by atoms with Crippen molar-refractivity contribution in [2.75, 3.05) is 6.61 Å². The number of halogens is 1. The number of aliphatic hydroxyl groups excluding tert-OH is 1. The Morgan fingerprint density at radius 1 is 1.19 bits per heavy atom. The first-order chi connectivity index (χ1) is 10.2. The number of aliphatic hydroxyl groups is 1. The molecule has 1 saturated carbocycles. The van der Waals surface area contributed by atoms with Crippen molar-refractivity contribution in [3.05, 3.63) is 46.4 Å². The van der Waals surface area contributed by atoms with Crippen LogP contribution in [-0.4, -0.2) is 23.7 Å². The second-order valence-corrected chi connectivity index (χ2v) is 6.58. The fraction of sp³-hybridized carbons (Fsp3) is 0.353. The SMILES string of the molecule is O=C(NC1CCCC1CO)c1ccc2cc(Br)ccc2c1. The van der Waals surface area contributed by atoms with E-state index in [1.807, 2.05) is 36.4 Å². The molecule has 21 heavy (non-hydrogen) atoms. The maximum Gasteiger partial charge on any atom is 0.251 e. The fourth-order valence-electron chi connectivity index (χ4n) is 3.05. The minimum Gasteiger partial charge on any atom is -0.396 e. The predicted molar refractivity (Wildman–Crippen MR) is 87.3 cm³/mol. The van der Waals surface area contributed by atoms with Gasteiger partial charge in [-0.05, 0) is 47.9 Å². The lowest BCUT2D eigenvalue weighted by Crippen LogP contribution is -2.38. The molecule has 4 heteroatoms. The summed E-state index contributed by atoms with van der Waals surface area (Å²) in [5.41, 5.74) is 0.674. The van der Waals surface area contributed by atoms with Crippen LogP contribution in [0.2, 0.25) is 0 Å². The molecule has 2 aromatic rings. The van der Waals surface area contributed by atoms with Gasteiger partial charge in [0.15, 0.2) is 0 Å². The van der Waals surface area contributed by atoms with Crippen LogP contribution < -0.4 is 5.32 Å². The van der Waals surface area contributed by atoms with E-state index in [1.54, 1.807) is 0 Å². The third-order valence-electron chi connectivity index (χ3n) is 4.27. The molecular formula is C17H18BrNO2. The number of nitrogens with one attached hydrogen (secondary N) is 1. The van der Waals surface area contributed by atoms with E-state index >= 15 is 0 Å². The highest BCUT2D eigenvalue weighted by atomic mass is 79.9. The van der Waals surface area contributed by atoms with Gasteiger partial charge in [0.25, 0.3) is 5.91 Å². The zero-order valence-electron chi connectivity index (χ0n) is 11.7. The second kappa shape index (κ2) is 6.16. The van der Waals surface area contributed by atoms with E-state index < -0.39 is 0 Å². The molecule has 110 valence electrons. The number of rotatable bonds is 3. The Morgan fingerprint density at radius 3 is 2.76 bits per heavy atom.